The predicted octanol–water partition coefficient (Wildman–Crippen LogP) is 2.05. The first kappa shape index (κ1) is 16.6. The summed E-state index contributed by atoms with van der Waals surface area (Å²) in [7, 11) is 0. The van der Waals surface area contributed by atoms with Gasteiger partial charge in [0.15, 0.2) is 6.61 Å². The quantitative estimate of drug-likeness (QED) is 0.873. The molecule has 5 heteroatoms. The van der Waals surface area contributed by atoms with Crippen molar-refractivity contribution in [1.29, 1.82) is 0 Å². The first-order chi connectivity index (χ1) is 10.6. The van der Waals surface area contributed by atoms with Gasteiger partial charge in [-0.15, -0.1) is 0 Å². The van der Waals surface area contributed by atoms with Crippen molar-refractivity contribution < 1.29 is 14.3 Å². The molecule has 0 saturated carbocycles. The lowest BCUT2D eigenvalue weighted by molar-refractivity contribution is -0.134. The monoisotopic (exact) mass is 306 g/mol. The van der Waals surface area contributed by atoms with Crippen LogP contribution in [0.15, 0.2) is 24.3 Å². The number of hydrogen-bond donors (Lipinski definition) is 1. The van der Waals surface area contributed by atoms with Gasteiger partial charge < -0.3 is 20.1 Å². The number of rotatable bonds is 6. The molecule has 22 heavy (non-hydrogen) atoms. The molecule has 0 bridgehead atoms. The lowest BCUT2D eigenvalue weighted by Crippen LogP contribution is -2.44. The van der Waals surface area contributed by atoms with E-state index in [9.17, 15) is 4.79 Å². The van der Waals surface area contributed by atoms with Crippen molar-refractivity contribution in [2.45, 2.75) is 32.7 Å². The van der Waals surface area contributed by atoms with Crippen LogP contribution in [0.2, 0.25) is 0 Å². The fourth-order valence-electron chi connectivity index (χ4n) is 2.71. The first-order valence-electron chi connectivity index (χ1n) is 7.99. The van der Waals surface area contributed by atoms with Crippen LogP contribution >= 0.6 is 0 Å². The summed E-state index contributed by atoms with van der Waals surface area (Å²) in [6.07, 6.45) is 1.96. The van der Waals surface area contributed by atoms with Crippen LogP contribution in [0.25, 0.3) is 0 Å². The maximum absolute atomic E-state index is 12.2. The number of likely N-dealkylation sites (tertiary alicyclic amines) is 1. The van der Waals surface area contributed by atoms with E-state index in [1.54, 1.807) is 0 Å². The van der Waals surface area contributed by atoms with Gasteiger partial charge in [0.1, 0.15) is 11.5 Å². The minimum absolute atomic E-state index is 0.0389. The zero-order chi connectivity index (χ0) is 15.9. The molecule has 1 saturated heterocycles. The molecule has 1 fully saturated rings. The average Bonchev–Trinajstić information content (AvgIpc) is 2.54. The number of nitrogens with zero attached hydrogens (tertiary/aromatic N) is 1. The van der Waals surface area contributed by atoms with E-state index in [0.717, 1.165) is 31.7 Å². The minimum Gasteiger partial charge on any atom is -0.494 e. The highest BCUT2D eigenvalue weighted by atomic mass is 16.5. The van der Waals surface area contributed by atoms with Gasteiger partial charge in [-0.25, -0.2) is 0 Å². The maximum atomic E-state index is 12.2. The maximum Gasteiger partial charge on any atom is 0.260 e. The van der Waals surface area contributed by atoms with Crippen molar-refractivity contribution in [3.8, 4) is 11.5 Å². The zero-order valence-electron chi connectivity index (χ0n) is 13.5. The second-order valence-electron chi connectivity index (χ2n) is 5.77. The third-order valence-corrected chi connectivity index (χ3v) is 4.13. The van der Waals surface area contributed by atoms with E-state index in [1.165, 1.54) is 0 Å². The zero-order valence-corrected chi connectivity index (χ0v) is 13.5. The normalized spacial score (nSPS) is 17.1. The molecule has 1 amide bonds. The van der Waals surface area contributed by atoms with Gasteiger partial charge in [-0.3, -0.25) is 4.79 Å². The summed E-state index contributed by atoms with van der Waals surface area (Å²) in [5, 5.41) is 0. The first-order valence-corrected chi connectivity index (χ1v) is 7.99. The van der Waals surface area contributed by atoms with E-state index in [2.05, 4.69) is 0 Å². The Balaban J connectivity index is 1.76. The third-order valence-electron chi connectivity index (χ3n) is 4.13. The molecule has 5 nitrogen and oxygen atoms in total. The summed E-state index contributed by atoms with van der Waals surface area (Å²) in [6.45, 7) is 6.25. The minimum atomic E-state index is 0.0389. The highest BCUT2D eigenvalue weighted by Gasteiger charge is 2.24. The van der Waals surface area contributed by atoms with Crippen molar-refractivity contribution in [2.24, 2.45) is 11.7 Å². The van der Waals surface area contributed by atoms with Gasteiger partial charge in [0.2, 0.25) is 0 Å². The Bertz CT molecular complexity index is 465. The molecule has 1 aliphatic heterocycles. The lowest BCUT2D eigenvalue weighted by Gasteiger charge is -2.33. The molecule has 1 unspecified atom stereocenters. The molecule has 2 N–H and O–H groups in total. The second kappa shape index (κ2) is 8.03. The van der Waals surface area contributed by atoms with Crippen molar-refractivity contribution in [2.75, 3.05) is 26.3 Å². The highest BCUT2D eigenvalue weighted by Crippen LogP contribution is 2.20. The van der Waals surface area contributed by atoms with E-state index in [0.29, 0.717) is 18.3 Å². The average molecular weight is 306 g/mol. The number of benzene rings is 1. The standard InChI is InChI=1S/C17H26N2O3/c1-3-21-15-4-6-16(7-5-15)22-12-17(20)19-10-8-14(9-11-19)13(2)18/h4-7,13-14H,3,8-12,18H2,1-2H3. The fraction of sp³-hybridized carbons (Fsp3) is 0.588. The van der Waals surface area contributed by atoms with Crippen molar-refractivity contribution in [3.63, 3.8) is 0 Å². The molecule has 0 radical (unpaired) electrons. The third kappa shape index (κ3) is 4.63. The van der Waals surface area contributed by atoms with E-state index in [-0.39, 0.29) is 18.6 Å². The van der Waals surface area contributed by atoms with E-state index in [1.807, 2.05) is 43.0 Å². The van der Waals surface area contributed by atoms with E-state index in [4.69, 9.17) is 15.2 Å². The number of amides is 1. The molecule has 1 heterocycles. The second-order valence-corrected chi connectivity index (χ2v) is 5.77. The Morgan fingerprint density at radius 2 is 1.77 bits per heavy atom. The van der Waals surface area contributed by atoms with Crippen molar-refractivity contribution in [1.82, 2.24) is 4.90 Å². The summed E-state index contributed by atoms with van der Waals surface area (Å²) < 4.78 is 10.9. The van der Waals surface area contributed by atoms with Crippen LogP contribution in [0.4, 0.5) is 0 Å². The van der Waals surface area contributed by atoms with Gasteiger partial charge in [-0.05, 0) is 56.9 Å². The molecule has 1 atom stereocenters. The van der Waals surface area contributed by atoms with Gasteiger partial charge in [0.05, 0.1) is 6.61 Å². The number of nitrogens with two attached hydrogens (primary N) is 1. The van der Waals surface area contributed by atoms with Crippen molar-refractivity contribution >= 4 is 5.91 Å². The molecule has 1 aromatic rings. The Kier molecular flexibility index (Phi) is 6.07. The molecular formula is C17H26N2O3. The Labute approximate surface area is 132 Å². The van der Waals surface area contributed by atoms with Crippen LogP contribution in [0, 0.1) is 5.92 Å². The van der Waals surface area contributed by atoms with Gasteiger partial charge in [0, 0.05) is 19.1 Å². The van der Waals surface area contributed by atoms with Crippen LogP contribution in [-0.2, 0) is 4.79 Å². The molecule has 2 rings (SSSR count). The summed E-state index contributed by atoms with van der Waals surface area (Å²) in [5.74, 6) is 2.05. The molecule has 1 aliphatic rings. The lowest BCUT2D eigenvalue weighted by atomic mass is 9.91. The van der Waals surface area contributed by atoms with Crippen LogP contribution in [0.3, 0.4) is 0 Å². The largest absolute Gasteiger partial charge is 0.494 e. The Morgan fingerprint density at radius 1 is 1.23 bits per heavy atom. The predicted molar refractivity (Wildman–Crippen MR) is 86.1 cm³/mol. The number of hydrogen-bond acceptors (Lipinski definition) is 4. The van der Waals surface area contributed by atoms with Gasteiger partial charge in [-0.2, -0.15) is 0 Å². The Morgan fingerprint density at radius 3 is 2.27 bits per heavy atom. The van der Waals surface area contributed by atoms with Gasteiger partial charge >= 0.3 is 0 Å². The molecule has 0 aromatic heterocycles. The number of carbonyl (C=O) groups excluding carboxylic acids is 1. The van der Waals surface area contributed by atoms with E-state index >= 15 is 0 Å². The SMILES string of the molecule is CCOc1ccc(OCC(=O)N2CCC(C(C)N)CC2)cc1. The fourth-order valence-corrected chi connectivity index (χ4v) is 2.71. The summed E-state index contributed by atoms with van der Waals surface area (Å²) in [5.41, 5.74) is 5.92. The molecule has 0 aliphatic carbocycles. The number of piperidine rings is 1. The van der Waals surface area contributed by atoms with Gasteiger partial charge in [0.25, 0.3) is 5.91 Å². The smallest absolute Gasteiger partial charge is 0.260 e. The van der Waals surface area contributed by atoms with E-state index < -0.39 is 0 Å². The summed E-state index contributed by atoms with van der Waals surface area (Å²) in [4.78, 5) is 14.0. The van der Waals surface area contributed by atoms with Gasteiger partial charge in [-0.1, -0.05) is 0 Å². The van der Waals surface area contributed by atoms with Crippen LogP contribution in [0.5, 0.6) is 11.5 Å². The molecular weight excluding hydrogens is 280 g/mol. The Hall–Kier alpha value is -1.75. The number of ether oxygens (including phenoxy) is 2. The highest BCUT2D eigenvalue weighted by molar-refractivity contribution is 5.77. The summed E-state index contributed by atoms with van der Waals surface area (Å²) in [6, 6.07) is 7.54. The molecule has 122 valence electrons. The molecule has 0 spiro atoms. The summed E-state index contributed by atoms with van der Waals surface area (Å²) >= 11 is 0. The van der Waals surface area contributed by atoms with Crippen LogP contribution < -0.4 is 15.2 Å². The topological polar surface area (TPSA) is 64.8 Å². The van der Waals surface area contributed by atoms with Crippen LogP contribution in [-0.4, -0.2) is 43.2 Å². The van der Waals surface area contributed by atoms with Crippen LogP contribution in [0.1, 0.15) is 26.7 Å². The van der Waals surface area contributed by atoms with Crippen molar-refractivity contribution in [3.05, 3.63) is 24.3 Å². The molecule has 1 aromatic carbocycles. The number of carbonyl (C=O) groups is 1.